The van der Waals surface area contributed by atoms with E-state index in [2.05, 4.69) is 15.3 Å². The number of sulfone groups is 1. The minimum Gasteiger partial charge on any atom is -0.444 e. The Balaban J connectivity index is 1.83. The van der Waals surface area contributed by atoms with E-state index in [1.807, 2.05) is 0 Å². The summed E-state index contributed by atoms with van der Waals surface area (Å²) in [5.74, 6) is -1.46. The molecule has 1 aliphatic heterocycles. The summed E-state index contributed by atoms with van der Waals surface area (Å²) in [6, 6.07) is 5.56. The SMILES string of the molecule is CC(C)(C)OC(=O)N1CCC(C(=O)c2ncnc(Nc3ccc(S(C)(=O)=O)cc3)c2[N+](=O)[O-])C1. The fraction of sp³-hybridized carbons (Fsp3) is 0.429. The van der Waals surface area contributed by atoms with Crippen molar-refractivity contribution < 1.29 is 27.7 Å². The first-order valence-corrected chi connectivity index (χ1v) is 12.2. The lowest BCUT2D eigenvalue weighted by atomic mass is 9.99. The largest absolute Gasteiger partial charge is 0.444 e. The van der Waals surface area contributed by atoms with Crippen molar-refractivity contribution in [1.82, 2.24) is 14.9 Å². The Morgan fingerprint density at radius 1 is 1.21 bits per heavy atom. The summed E-state index contributed by atoms with van der Waals surface area (Å²) in [5, 5.41) is 14.6. The highest BCUT2D eigenvalue weighted by atomic mass is 32.2. The number of nitro groups is 1. The minimum absolute atomic E-state index is 0.0601. The van der Waals surface area contributed by atoms with Crippen molar-refractivity contribution in [2.24, 2.45) is 5.92 Å². The van der Waals surface area contributed by atoms with E-state index in [-0.39, 0.29) is 29.5 Å². The molecule has 2 heterocycles. The first-order chi connectivity index (χ1) is 15.8. The smallest absolute Gasteiger partial charge is 0.410 e. The molecule has 0 bridgehead atoms. The van der Waals surface area contributed by atoms with Gasteiger partial charge in [-0.3, -0.25) is 14.9 Å². The Morgan fingerprint density at radius 2 is 1.85 bits per heavy atom. The fourth-order valence-electron chi connectivity index (χ4n) is 3.41. The maximum Gasteiger partial charge on any atom is 0.410 e. The molecule has 1 aliphatic rings. The Bertz CT molecular complexity index is 1220. The summed E-state index contributed by atoms with van der Waals surface area (Å²) in [7, 11) is -3.41. The first-order valence-electron chi connectivity index (χ1n) is 10.3. The predicted octanol–water partition coefficient (Wildman–Crippen LogP) is 2.97. The number of Topliss-reactive ketones (excluding diaryl/α,β-unsaturated/α-hetero) is 1. The molecule has 0 radical (unpaired) electrons. The van der Waals surface area contributed by atoms with Gasteiger partial charge in [-0.25, -0.2) is 23.2 Å². The number of carbonyl (C=O) groups excluding carboxylic acids is 2. The number of carbonyl (C=O) groups is 2. The summed E-state index contributed by atoms with van der Waals surface area (Å²) in [6.07, 6.45) is 1.86. The summed E-state index contributed by atoms with van der Waals surface area (Å²) in [4.78, 5) is 45.7. The lowest BCUT2D eigenvalue weighted by Crippen LogP contribution is -2.36. The highest BCUT2D eigenvalue weighted by Gasteiger charge is 2.38. The van der Waals surface area contributed by atoms with E-state index in [4.69, 9.17) is 4.74 Å². The second-order valence-electron chi connectivity index (χ2n) is 8.87. The zero-order valence-corrected chi connectivity index (χ0v) is 20.0. The van der Waals surface area contributed by atoms with Crippen LogP contribution in [0.2, 0.25) is 0 Å². The van der Waals surface area contributed by atoms with Gasteiger partial charge in [-0.15, -0.1) is 0 Å². The van der Waals surface area contributed by atoms with Crippen LogP contribution in [-0.2, 0) is 14.6 Å². The molecule has 182 valence electrons. The maximum atomic E-state index is 13.1. The second kappa shape index (κ2) is 9.33. The molecule has 1 amide bonds. The van der Waals surface area contributed by atoms with Gasteiger partial charge in [-0.05, 0) is 51.5 Å². The number of aromatic nitrogens is 2. The molecular weight excluding hydrogens is 466 g/mol. The van der Waals surface area contributed by atoms with Crippen molar-refractivity contribution in [1.29, 1.82) is 0 Å². The van der Waals surface area contributed by atoms with Gasteiger partial charge in [0.25, 0.3) is 0 Å². The Kier molecular flexibility index (Phi) is 6.87. The summed E-state index contributed by atoms with van der Waals surface area (Å²) in [5.41, 5.74) is -1.32. The average molecular weight is 492 g/mol. The molecule has 0 saturated carbocycles. The lowest BCUT2D eigenvalue weighted by molar-refractivity contribution is -0.384. The monoisotopic (exact) mass is 491 g/mol. The lowest BCUT2D eigenvalue weighted by Gasteiger charge is -2.24. The standard InChI is InChI=1S/C21H25N5O7S/c1-21(2,3)33-20(28)25-10-9-13(11-25)18(27)16-17(26(29)30)19(23-12-22-16)24-14-5-7-15(8-6-14)34(4,31)32/h5-8,12-13H,9-11H2,1-4H3,(H,22,23,24). The topological polar surface area (TPSA) is 162 Å². The number of likely N-dealkylation sites (tertiary alicyclic amines) is 1. The molecule has 1 aromatic heterocycles. The zero-order chi connectivity index (χ0) is 25.3. The highest BCUT2D eigenvalue weighted by molar-refractivity contribution is 7.90. The van der Waals surface area contributed by atoms with Crippen LogP contribution in [0.5, 0.6) is 0 Å². The fourth-order valence-corrected chi connectivity index (χ4v) is 4.04. The summed E-state index contributed by atoms with van der Waals surface area (Å²) >= 11 is 0. The first kappa shape index (κ1) is 25.0. The third-order valence-electron chi connectivity index (χ3n) is 4.99. The number of nitrogens with one attached hydrogen (secondary N) is 1. The molecule has 1 atom stereocenters. The van der Waals surface area contributed by atoms with Crippen LogP contribution in [0.4, 0.5) is 22.0 Å². The van der Waals surface area contributed by atoms with Crippen molar-refractivity contribution in [2.45, 2.75) is 37.7 Å². The second-order valence-corrected chi connectivity index (χ2v) is 10.9. The van der Waals surface area contributed by atoms with Crippen LogP contribution in [0, 0.1) is 16.0 Å². The van der Waals surface area contributed by atoms with Crippen molar-refractivity contribution in [3.05, 3.63) is 46.4 Å². The molecular formula is C21H25N5O7S. The molecule has 0 aliphatic carbocycles. The van der Waals surface area contributed by atoms with E-state index >= 15 is 0 Å². The molecule has 1 saturated heterocycles. The molecule has 3 rings (SSSR count). The van der Waals surface area contributed by atoms with E-state index in [1.165, 1.54) is 29.2 Å². The zero-order valence-electron chi connectivity index (χ0n) is 19.1. The van der Waals surface area contributed by atoms with Gasteiger partial charge in [0.15, 0.2) is 21.3 Å². The van der Waals surface area contributed by atoms with Crippen LogP contribution in [0.3, 0.4) is 0 Å². The van der Waals surface area contributed by atoms with Gasteiger partial charge in [0.05, 0.1) is 9.82 Å². The normalized spacial score (nSPS) is 16.2. The molecule has 1 fully saturated rings. The molecule has 13 heteroatoms. The average Bonchev–Trinajstić information content (AvgIpc) is 3.22. The van der Waals surface area contributed by atoms with Gasteiger partial charge in [0.2, 0.25) is 5.82 Å². The van der Waals surface area contributed by atoms with Crippen LogP contribution in [0.1, 0.15) is 37.7 Å². The molecule has 1 N–H and O–H groups in total. The van der Waals surface area contributed by atoms with Crippen molar-refractivity contribution in [3.8, 4) is 0 Å². The summed E-state index contributed by atoms with van der Waals surface area (Å²) in [6.45, 7) is 5.54. The molecule has 2 aromatic rings. The Hall–Kier alpha value is -3.61. The van der Waals surface area contributed by atoms with Gasteiger partial charge in [-0.2, -0.15) is 0 Å². The van der Waals surface area contributed by atoms with Crippen molar-refractivity contribution >= 4 is 38.9 Å². The quantitative estimate of drug-likeness (QED) is 0.361. The van der Waals surface area contributed by atoms with Crippen molar-refractivity contribution in [2.75, 3.05) is 24.7 Å². The number of anilines is 2. The van der Waals surface area contributed by atoms with Crippen LogP contribution >= 0.6 is 0 Å². The van der Waals surface area contributed by atoms with E-state index in [9.17, 15) is 28.1 Å². The van der Waals surface area contributed by atoms with Crippen LogP contribution in [0.15, 0.2) is 35.5 Å². The third-order valence-corrected chi connectivity index (χ3v) is 6.12. The highest BCUT2D eigenvalue weighted by Crippen LogP contribution is 2.31. The van der Waals surface area contributed by atoms with E-state index in [0.717, 1.165) is 12.6 Å². The van der Waals surface area contributed by atoms with Gasteiger partial charge >= 0.3 is 11.8 Å². The van der Waals surface area contributed by atoms with Crippen molar-refractivity contribution in [3.63, 3.8) is 0 Å². The molecule has 12 nitrogen and oxygen atoms in total. The summed E-state index contributed by atoms with van der Waals surface area (Å²) < 4.78 is 28.6. The molecule has 0 spiro atoms. The minimum atomic E-state index is -3.41. The van der Waals surface area contributed by atoms with Crippen LogP contribution in [-0.4, -0.2) is 65.0 Å². The van der Waals surface area contributed by atoms with E-state index < -0.39 is 43.8 Å². The molecule has 34 heavy (non-hydrogen) atoms. The van der Waals surface area contributed by atoms with E-state index in [1.54, 1.807) is 20.8 Å². The molecule has 1 unspecified atom stereocenters. The number of benzene rings is 1. The van der Waals surface area contributed by atoms with Crippen LogP contribution < -0.4 is 5.32 Å². The van der Waals surface area contributed by atoms with Crippen LogP contribution in [0.25, 0.3) is 0 Å². The van der Waals surface area contributed by atoms with Gasteiger partial charge in [0, 0.05) is 31.0 Å². The van der Waals surface area contributed by atoms with E-state index in [0.29, 0.717) is 12.1 Å². The Labute approximate surface area is 196 Å². The molecule has 1 aromatic carbocycles. The predicted molar refractivity (Wildman–Crippen MR) is 122 cm³/mol. The number of hydrogen-bond acceptors (Lipinski definition) is 10. The van der Waals surface area contributed by atoms with Gasteiger partial charge in [0.1, 0.15) is 11.9 Å². The number of hydrogen-bond donors (Lipinski definition) is 1. The number of ketones is 1. The maximum absolute atomic E-state index is 13.1. The van der Waals surface area contributed by atoms with Gasteiger partial charge < -0.3 is 15.0 Å². The number of nitrogens with zero attached hydrogens (tertiary/aromatic N) is 4. The Morgan fingerprint density at radius 3 is 2.41 bits per heavy atom. The number of ether oxygens (including phenoxy) is 1. The number of amides is 1. The third kappa shape index (κ3) is 5.84. The number of rotatable bonds is 6. The van der Waals surface area contributed by atoms with Gasteiger partial charge in [-0.1, -0.05) is 0 Å².